The number of anilines is 1. The van der Waals surface area contributed by atoms with Gasteiger partial charge >= 0.3 is 0 Å². The van der Waals surface area contributed by atoms with Crippen LogP contribution in [0.5, 0.6) is 17.2 Å². The largest absolute Gasteiger partial charge is 0.489 e. The Kier molecular flexibility index (Phi) is 8.02. The molecule has 1 amide bonds. The van der Waals surface area contributed by atoms with Gasteiger partial charge < -0.3 is 9.47 Å². The summed E-state index contributed by atoms with van der Waals surface area (Å²) in [6, 6.07) is 10.7. The first-order chi connectivity index (χ1) is 17.2. The van der Waals surface area contributed by atoms with E-state index in [0.717, 1.165) is 9.88 Å². The topological polar surface area (TPSA) is 97.8 Å². The molecule has 1 aliphatic heterocycles. The third-order valence-electron chi connectivity index (χ3n) is 5.33. The number of aromatic nitrogens is 1. The van der Waals surface area contributed by atoms with Crippen molar-refractivity contribution in [3.8, 4) is 17.2 Å². The molecule has 36 heavy (non-hydrogen) atoms. The second-order valence-corrected chi connectivity index (χ2v) is 11.2. The van der Waals surface area contributed by atoms with Crippen molar-refractivity contribution in [1.82, 2.24) is 9.29 Å². The van der Waals surface area contributed by atoms with E-state index in [0.29, 0.717) is 34.6 Å². The number of ether oxygens (including phenoxy) is 2. The molecule has 0 saturated carbocycles. The highest BCUT2D eigenvalue weighted by molar-refractivity contribution is 7.89. The minimum Gasteiger partial charge on any atom is -0.489 e. The van der Waals surface area contributed by atoms with Crippen molar-refractivity contribution in [2.45, 2.75) is 31.3 Å². The van der Waals surface area contributed by atoms with Crippen molar-refractivity contribution in [3.05, 3.63) is 71.3 Å². The number of halogens is 1. The Labute approximate surface area is 213 Å². The third-order valence-corrected chi connectivity index (χ3v) is 7.90. The lowest BCUT2D eigenvalue weighted by atomic mass is 10.2. The molecule has 1 saturated heterocycles. The fourth-order valence-corrected chi connectivity index (χ4v) is 5.48. The van der Waals surface area contributed by atoms with Gasteiger partial charge in [0.2, 0.25) is 10.0 Å². The van der Waals surface area contributed by atoms with E-state index >= 15 is 0 Å². The molecule has 1 aliphatic rings. The first-order valence-electron chi connectivity index (χ1n) is 11.2. The summed E-state index contributed by atoms with van der Waals surface area (Å²) in [4.78, 5) is 16.9. The van der Waals surface area contributed by atoms with Crippen LogP contribution in [-0.4, -0.2) is 49.5 Å². The lowest BCUT2D eigenvalue weighted by Gasteiger charge is -2.16. The van der Waals surface area contributed by atoms with Gasteiger partial charge in [0.15, 0.2) is 5.13 Å². The molecule has 190 valence electrons. The van der Waals surface area contributed by atoms with Gasteiger partial charge in [0.1, 0.15) is 30.0 Å². The zero-order valence-electron chi connectivity index (χ0n) is 19.8. The summed E-state index contributed by atoms with van der Waals surface area (Å²) < 4.78 is 51.8. The number of allylic oxidation sites excluding steroid dienone is 1. The van der Waals surface area contributed by atoms with E-state index < -0.39 is 16.2 Å². The Morgan fingerprint density at radius 2 is 1.94 bits per heavy atom. The molecular weight excluding hydrogens is 505 g/mol. The normalized spacial score (nSPS) is 15.9. The smallest absolute Gasteiger partial charge is 0.257 e. The van der Waals surface area contributed by atoms with Gasteiger partial charge in [-0.2, -0.15) is 4.31 Å². The summed E-state index contributed by atoms with van der Waals surface area (Å²) in [6.45, 7) is 4.26. The summed E-state index contributed by atoms with van der Waals surface area (Å²) in [6.07, 6.45) is 2.56. The molecule has 0 bridgehead atoms. The fraction of sp³-hybridized carbons (Fsp3) is 0.280. The number of carbonyl (C=O) groups is 1. The van der Waals surface area contributed by atoms with Gasteiger partial charge in [-0.25, -0.2) is 17.8 Å². The van der Waals surface area contributed by atoms with Crippen LogP contribution in [-0.2, 0) is 10.0 Å². The van der Waals surface area contributed by atoms with Crippen LogP contribution in [0.25, 0.3) is 0 Å². The lowest BCUT2D eigenvalue weighted by molar-refractivity contribution is 0.102. The van der Waals surface area contributed by atoms with E-state index in [4.69, 9.17) is 9.47 Å². The van der Waals surface area contributed by atoms with Crippen molar-refractivity contribution < 1.29 is 27.1 Å². The summed E-state index contributed by atoms with van der Waals surface area (Å²) in [7, 11) is -3.77. The number of sulfonamides is 1. The number of carbonyl (C=O) groups excluding carboxylic acids is 1. The predicted octanol–water partition coefficient (Wildman–Crippen LogP) is 5.27. The van der Waals surface area contributed by atoms with Crippen LogP contribution in [0.15, 0.2) is 70.6 Å². The molecule has 2 heterocycles. The van der Waals surface area contributed by atoms with Gasteiger partial charge in [-0.1, -0.05) is 5.57 Å². The number of rotatable bonds is 9. The Hall–Kier alpha value is -3.28. The first-order valence-corrected chi connectivity index (χ1v) is 13.6. The lowest BCUT2D eigenvalue weighted by Crippen LogP contribution is -2.29. The van der Waals surface area contributed by atoms with E-state index in [2.05, 4.69) is 10.3 Å². The number of benzene rings is 2. The highest BCUT2D eigenvalue weighted by atomic mass is 32.2. The Balaban J connectivity index is 1.54. The molecule has 1 aromatic heterocycles. The predicted molar refractivity (Wildman–Crippen MR) is 136 cm³/mol. The summed E-state index contributed by atoms with van der Waals surface area (Å²) in [5.74, 6) is 0.764. The fourth-order valence-electron chi connectivity index (χ4n) is 3.47. The highest BCUT2D eigenvalue weighted by Gasteiger charge is 2.32. The molecular formula is C25H26FN3O5S2. The zero-order chi connectivity index (χ0) is 25.7. The quantitative estimate of drug-likeness (QED) is 0.378. The molecule has 2 aromatic carbocycles. The average molecular weight is 532 g/mol. The van der Waals surface area contributed by atoms with E-state index in [1.54, 1.807) is 29.8 Å². The summed E-state index contributed by atoms with van der Waals surface area (Å²) in [5, 5.41) is 4.95. The van der Waals surface area contributed by atoms with Crippen LogP contribution in [0.4, 0.5) is 9.52 Å². The number of amides is 1. The number of nitrogens with one attached hydrogen (secondary N) is 1. The van der Waals surface area contributed by atoms with Gasteiger partial charge in [0.25, 0.3) is 5.91 Å². The SMILES string of the molecule is CC(C)=CCOc1cc(Oc2ccc(S(=O)(=O)N3CC[C@H](F)C3)cc2)cc(C(=O)Nc2nccs2)c1. The van der Waals surface area contributed by atoms with Crippen LogP contribution >= 0.6 is 11.3 Å². The Morgan fingerprint density at radius 3 is 2.58 bits per heavy atom. The van der Waals surface area contributed by atoms with Gasteiger partial charge in [-0.05, 0) is 62.7 Å². The van der Waals surface area contributed by atoms with Gasteiger partial charge in [-0.3, -0.25) is 10.1 Å². The van der Waals surface area contributed by atoms with Crippen LogP contribution < -0.4 is 14.8 Å². The number of hydrogen-bond donors (Lipinski definition) is 1. The van der Waals surface area contributed by atoms with Crippen LogP contribution in [0.3, 0.4) is 0 Å². The van der Waals surface area contributed by atoms with E-state index in [9.17, 15) is 17.6 Å². The van der Waals surface area contributed by atoms with Crippen LogP contribution in [0.1, 0.15) is 30.6 Å². The van der Waals surface area contributed by atoms with Gasteiger partial charge in [0, 0.05) is 36.3 Å². The summed E-state index contributed by atoms with van der Waals surface area (Å²) in [5.41, 5.74) is 1.40. The van der Waals surface area contributed by atoms with Crippen LogP contribution in [0.2, 0.25) is 0 Å². The first kappa shape index (κ1) is 25.8. The molecule has 0 unspecified atom stereocenters. The van der Waals surface area contributed by atoms with Crippen molar-refractivity contribution in [2.24, 2.45) is 0 Å². The molecule has 8 nitrogen and oxygen atoms in total. The zero-order valence-corrected chi connectivity index (χ0v) is 21.4. The van der Waals surface area contributed by atoms with E-state index in [-0.39, 0.29) is 30.3 Å². The number of hydrogen-bond acceptors (Lipinski definition) is 7. The standard InChI is InChI=1S/C25H26FN3O5S2/c1-17(2)8-11-33-21-13-18(24(30)28-25-27-9-12-35-25)14-22(15-21)34-20-3-5-23(6-4-20)36(31,32)29-10-7-19(26)16-29/h3-6,8-9,12-15,19H,7,10-11,16H2,1-2H3,(H,27,28,30)/t19-/m0/s1. The molecule has 3 aromatic rings. The molecule has 1 fully saturated rings. The average Bonchev–Trinajstić information content (AvgIpc) is 3.51. The molecule has 0 aliphatic carbocycles. The summed E-state index contributed by atoms with van der Waals surface area (Å²) >= 11 is 1.30. The number of alkyl halides is 1. The van der Waals surface area contributed by atoms with Gasteiger partial charge in [-0.15, -0.1) is 11.3 Å². The molecule has 1 N–H and O–H groups in total. The monoisotopic (exact) mass is 531 g/mol. The van der Waals surface area contributed by atoms with Crippen LogP contribution in [0, 0.1) is 0 Å². The number of nitrogens with zero attached hydrogens (tertiary/aromatic N) is 2. The maximum Gasteiger partial charge on any atom is 0.257 e. The Bertz CT molecular complexity index is 1340. The maximum atomic E-state index is 13.5. The second kappa shape index (κ2) is 11.2. The third kappa shape index (κ3) is 6.48. The second-order valence-electron chi connectivity index (χ2n) is 8.40. The molecule has 4 rings (SSSR count). The highest BCUT2D eigenvalue weighted by Crippen LogP contribution is 2.30. The molecule has 1 atom stereocenters. The van der Waals surface area contributed by atoms with Gasteiger partial charge in [0.05, 0.1) is 4.90 Å². The van der Waals surface area contributed by atoms with Crippen molar-refractivity contribution in [3.63, 3.8) is 0 Å². The van der Waals surface area contributed by atoms with E-state index in [1.165, 1.54) is 35.6 Å². The van der Waals surface area contributed by atoms with Crippen molar-refractivity contribution >= 4 is 32.4 Å². The van der Waals surface area contributed by atoms with Crippen molar-refractivity contribution in [2.75, 3.05) is 25.0 Å². The molecule has 0 spiro atoms. The Morgan fingerprint density at radius 1 is 1.19 bits per heavy atom. The molecule has 0 radical (unpaired) electrons. The molecule has 11 heteroatoms. The minimum absolute atomic E-state index is 0.0614. The minimum atomic E-state index is -3.77. The van der Waals surface area contributed by atoms with Crippen molar-refractivity contribution in [1.29, 1.82) is 0 Å². The van der Waals surface area contributed by atoms with E-state index in [1.807, 2.05) is 19.9 Å². The number of thiazole rings is 1. The maximum absolute atomic E-state index is 13.5.